The summed E-state index contributed by atoms with van der Waals surface area (Å²) in [7, 11) is 0. The Labute approximate surface area is 81.1 Å². The first-order chi connectivity index (χ1) is 6.07. The van der Waals surface area contributed by atoms with Crippen LogP contribution >= 0.6 is 15.9 Å². The minimum Gasteiger partial charge on any atom is -0.325 e. The van der Waals surface area contributed by atoms with Crippen molar-refractivity contribution in [1.82, 2.24) is 4.98 Å². The van der Waals surface area contributed by atoms with E-state index in [1.54, 1.807) is 0 Å². The summed E-state index contributed by atoms with van der Waals surface area (Å²) in [5.74, 6) is -0.995. The van der Waals surface area contributed by atoms with Gasteiger partial charge >= 0.3 is 0 Å². The zero-order valence-corrected chi connectivity index (χ0v) is 7.98. The van der Waals surface area contributed by atoms with Crippen molar-refractivity contribution in [3.63, 3.8) is 0 Å². The van der Waals surface area contributed by atoms with Gasteiger partial charge in [-0.25, -0.2) is 13.2 Å². The molecule has 0 radical (unpaired) electrons. The van der Waals surface area contributed by atoms with Crippen LogP contribution in [0.3, 0.4) is 0 Å². The minimum atomic E-state index is -2.90. The van der Waals surface area contributed by atoms with Gasteiger partial charge in [0.2, 0.25) is 0 Å². The third kappa shape index (κ3) is 2.00. The molecule has 0 fully saturated rings. The Morgan fingerprint density at radius 1 is 1.54 bits per heavy atom. The molecule has 6 heteroatoms. The second-order valence-electron chi connectivity index (χ2n) is 2.29. The molecule has 0 aromatic carbocycles. The quantitative estimate of drug-likeness (QED) is 0.881. The molecule has 1 aromatic rings. The molecule has 13 heavy (non-hydrogen) atoms. The van der Waals surface area contributed by atoms with E-state index in [0.29, 0.717) is 0 Å². The first-order valence-electron chi connectivity index (χ1n) is 3.39. The molecule has 1 rings (SSSR count). The number of halogens is 4. The highest BCUT2D eigenvalue weighted by Gasteiger charge is 2.20. The Morgan fingerprint density at radius 2 is 2.15 bits per heavy atom. The van der Waals surface area contributed by atoms with Gasteiger partial charge in [-0.2, -0.15) is 0 Å². The maximum atomic E-state index is 13.1. The molecule has 0 saturated heterocycles. The van der Waals surface area contributed by atoms with Gasteiger partial charge in [0.15, 0.2) is 0 Å². The first kappa shape index (κ1) is 10.5. The van der Waals surface area contributed by atoms with Gasteiger partial charge in [0, 0.05) is 12.7 Å². The number of nitrogens with two attached hydrogens (primary N) is 1. The molecular formula is C7H6BrF3N2. The average Bonchev–Trinajstić information content (AvgIpc) is 2.08. The van der Waals surface area contributed by atoms with Gasteiger partial charge in [-0.15, -0.1) is 0 Å². The predicted molar refractivity (Wildman–Crippen MR) is 44.7 cm³/mol. The summed E-state index contributed by atoms with van der Waals surface area (Å²) in [5, 5.41) is 0. The van der Waals surface area contributed by atoms with Gasteiger partial charge in [-0.3, -0.25) is 4.98 Å². The van der Waals surface area contributed by atoms with Crippen LogP contribution in [0.4, 0.5) is 13.2 Å². The molecule has 0 spiro atoms. The van der Waals surface area contributed by atoms with Crippen molar-refractivity contribution >= 4 is 15.9 Å². The lowest BCUT2D eigenvalue weighted by Crippen LogP contribution is -2.07. The van der Waals surface area contributed by atoms with Crippen molar-refractivity contribution in [2.45, 2.75) is 13.0 Å². The highest BCUT2D eigenvalue weighted by Crippen LogP contribution is 2.28. The van der Waals surface area contributed by atoms with Crippen molar-refractivity contribution in [2.75, 3.05) is 0 Å². The first-order valence-corrected chi connectivity index (χ1v) is 4.18. The highest BCUT2D eigenvalue weighted by molar-refractivity contribution is 9.10. The Kier molecular flexibility index (Phi) is 3.27. The Hall–Kier alpha value is -0.620. The molecule has 1 aromatic heterocycles. The summed E-state index contributed by atoms with van der Waals surface area (Å²) in [5.41, 5.74) is 4.29. The van der Waals surface area contributed by atoms with Gasteiger partial charge < -0.3 is 5.73 Å². The van der Waals surface area contributed by atoms with Crippen LogP contribution in [-0.2, 0) is 6.54 Å². The number of hydrogen-bond acceptors (Lipinski definition) is 2. The minimum absolute atomic E-state index is 0.0833. The van der Waals surface area contributed by atoms with Crippen LogP contribution < -0.4 is 5.73 Å². The number of rotatable bonds is 2. The SMILES string of the molecule is NCc1ncc(Br)c(F)c1C(F)F. The lowest BCUT2D eigenvalue weighted by Gasteiger charge is -2.07. The number of alkyl halides is 2. The van der Waals surface area contributed by atoms with Gasteiger partial charge in [0.05, 0.1) is 15.7 Å². The van der Waals surface area contributed by atoms with Crippen LogP contribution in [0.1, 0.15) is 17.7 Å². The molecule has 1 heterocycles. The van der Waals surface area contributed by atoms with E-state index in [9.17, 15) is 13.2 Å². The van der Waals surface area contributed by atoms with E-state index < -0.39 is 17.8 Å². The zero-order valence-electron chi connectivity index (χ0n) is 6.40. The topological polar surface area (TPSA) is 38.9 Å². The summed E-state index contributed by atoms with van der Waals surface area (Å²) in [4.78, 5) is 3.59. The summed E-state index contributed by atoms with van der Waals surface area (Å²) in [6.07, 6.45) is -1.79. The fourth-order valence-corrected chi connectivity index (χ4v) is 1.22. The average molecular weight is 255 g/mol. The lowest BCUT2D eigenvalue weighted by atomic mass is 10.2. The molecule has 0 aliphatic heterocycles. The molecule has 72 valence electrons. The van der Waals surface area contributed by atoms with Crippen LogP contribution in [-0.4, -0.2) is 4.98 Å². The number of pyridine rings is 1. The lowest BCUT2D eigenvalue weighted by molar-refractivity contribution is 0.144. The Balaban J connectivity index is 3.32. The maximum Gasteiger partial charge on any atom is 0.268 e. The fourth-order valence-electron chi connectivity index (χ4n) is 0.901. The molecule has 2 N–H and O–H groups in total. The van der Waals surface area contributed by atoms with E-state index in [2.05, 4.69) is 20.9 Å². The van der Waals surface area contributed by atoms with Crippen molar-refractivity contribution < 1.29 is 13.2 Å². The van der Waals surface area contributed by atoms with Crippen molar-refractivity contribution in [1.29, 1.82) is 0 Å². The molecule has 0 saturated carbocycles. The predicted octanol–water partition coefficient (Wildman–Crippen LogP) is 2.38. The summed E-state index contributed by atoms with van der Waals surface area (Å²) in [6.45, 7) is -0.204. The summed E-state index contributed by atoms with van der Waals surface area (Å²) < 4.78 is 37.6. The third-order valence-corrected chi connectivity index (χ3v) is 2.06. The van der Waals surface area contributed by atoms with E-state index in [1.807, 2.05) is 0 Å². The zero-order chi connectivity index (χ0) is 10.0. The van der Waals surface area contributed by atoms with Crippen LogP contribution in [0.5, 0.6) is 0 Å². The molecule has 0 bridgehead atoms. The second-order valence-corrected chi connectivity index (χ2v) is 3.14. The molecule has 0 aliphatic carbocycles. The molecule has 0 unspecified atom stereocenters. The molecule has 0 atom stereocenters. The van der Waals surface area contributed by atoms with Crippen molar-refractivity contribution in [3.05, 3.63) is 27.7 Å². The second kappa shape index (κ2) is 4.06. The molecule has 2 nitrogen and oxygen atoms in total. The van der Waals surface area contributed by atoms with Crippen LogP contribution in [0.2, 0.25) is 0 Å². The maximum absolute atomic E-state index is 13.1. The highest BCUT2D eigenvalue weighted by atomic mass is 79.9. The third-order valence-electron chi connectivity index (χ3n) is 1.50. The van der Waals surface area contributed by atoms with Gasteiger partial charge in [0.1, 0.15) is 5.82 Å². The number of nitrogens with zero attached hydrogens (tertiary/aromatic N) is 1. The van der Waals surface area contributed by atoms with E-state index in [4.69, 9.17) is 5.73 Å². The van der Waals surface area contributed by atoms with E-state index >= 15 is 0 Å². The van der Waals surface area contributed by atoms with E-state index in [1.165, 1.54) is 0 Å². The normalized spacial score (nSPS) is 10.9. The number of aromatic nitrogens is 1. The Morgan fingerprint density at radius 3 is 2.62 bits per heavy atom. The molecule has 0 amide bonds. The standard InChI is InChI=1S/C7H6BrF3N2/c8-3-2-13-4(1-12)5(6(3)9)7(10)11/h2,7H,1,12H2. The Bertz CT molecular complexity index is 317. The van der Waals surface area contributed by atoms with Gasteiger partial charge in [-0.05, 0) is 15.9 Å². The summed E-state index contributed by atoms with van der Waals surface area (Å²) in [6, 6.07) is 0. The molecular weight excluding hydrogens is 249 g/mol. The van der Waals surface area contributed by atoms with Crippen LogP contribution in [0.25, 0.3) is 0 Å². The fraction of sp³-hybridized carbons (Fsp3) is 0.286. The largest absolute Gasteiger partial charge is 0.325 e. The summed E-state index contributed by atoms with van der Waals surface area (Å²) >= 11 is 2.77. The molecule has 0 aliphatic rings. The van der Waals surface area contributed by atoms with Gasteiger partial charge in [-0.1, -0.05) is 0 Å². The number of hydrogen-bond donors (Lipinski definition) is 1. The van der Waals surface area contributed by atoms with Gasteiger partial charge in [0.25, 0.3) is 6.43 Å². The monoisotopic (exact) mass is 254 g/mol. The van der Waals surface area contributed by atoms with E-state index in [0.717, 1.165) is 6.20 Å². The van der Waals surface area contributed by atoms with Crippen molar-refractivity contribution in [3.8, 4) is 0 Å². The van der Waals surface area contributed by atoms with Crippen molar-refractivity contribution in [2.24, 2.45) is 5.73 Å². The van der Waals surface area contributed by atoms with E-state index in [-0.39, 0.29) is 16.7 Å². The van der Waals surface area contributed by atoms with Crippen LogP contribution in [0.15, 0.2) is 10.7 Å². The smallest absolute Gasteiger partial charge is 0.268 e. The van der Waals surface area contributed by atoms with Crippen LogP contribution in [0, 0.1) is 5.82 Å².